The molecule has 4 atom stereocenters. The van der Waals surface area contributed by atoms with E-state index in [1.165, 1.54) is 13.8 Å². The molecule has 1 aliphatic rings. The van der Waals surface area contributed by atoms with Crippen molar-refractivity contribution in [2.45, 2.75) is 38.4 Å². The minimum Gasteiger partial charge on any atom is -0.456 e. The van der Waals surface area contributed by atoms with Crippen LogP contribution in [0, 0.1) is 0 Å². The Morgan fingerprint density at radius 1 is 1.25 bits per heavy atom. The SMILES string of the molecule is CC(=O)O[C@H]1[C@@H](CI)OC(O)[C@@H]1OC(C)=O. The molecule has 92 valence electrons. The van der Waals surface area contributed by atoms with Crippen LogP contribution in [0.15, 0.2) is 0 Å². The number of aliphatic hydroxyl groups is 1. The number of carbonyl (C=O) groups is 2. The van der Waals surface area contributed by atoms with Crippen LogP contribution in [-0.2, 0) is 23.8 Å². The molecule has 1 saturated heterocycles. The molecule has 0 aromatic carbocycles. The second-order valence-corrected chi connectivity index (χ2v) is 4.25. The molecule has 6 nitrogen and oxygen atoms in total. The van der Waals surface area contributed by atoms with Crippen molar-refractivity contribution in [2.24, 2.45) is 0 Å². The molecule has 0 amide bonds. The predicted molar refractivity (Wildman–Crippen MR) is 60.9 cm³/mol. The Balaban J connectivity index is 2.76. The fourth-order valence-corrected chi connectivity index (χ4v) is 2.19. The number of ether oxygens (including phenoxy) is 3. The normalized spacial score (nSPS) is 33.5. The Kier molecular flexibility index (Phi) is 4.93. The highest BCUT2D eigenvalue weighted by atomic mass is 127. The molecule has 0 spiro atoms. The molecule has 1 fully saturated rings. The summed E-state index contributed by atoms with van der Waals surface area (Å²) in [6, 6.07) is 0. The molecule has 1 aliphatic heterocycles. The molecular weight excluding hydrogens is 331 g/mol. The fraction of sp³-hybridized carbons (Fsp3) is 0.778. The zero-order chi connectivity index (χ0) is 12.3. The van der Waals surface area contributed by atoms with Crippen LogP contribution in [0.2, 0.25) is 0 Å². The fourth-order valence-electron chi connectivity index (χ4n) is 1.48. The Morgan fingerprint density at radius 2 is 1.75 bits per heavy atom. The first-order chi connectivity index (χ1) is 7.45. The lowest BCUT2D eigenvalue weighted by atomic mass is 10.1. The van der Waals surface area contributed by atoms with Crippen LogP contribution in [-0.4, -0.2) is 46.1 Å². The summed E-state index contributed by atoms with van der Waals surface area (Å²) in [6.45, 7) is 2.47. The van der Waals surface area contributed by atoms with E-state index in [4.69, 9.17) is 14.2 Å². The molecular formula is C9H13IO6. The lowest BCUT2D eigenvalue weighted by Crippen LogP contribution is -2.40. The van der Waals surface area contributed by atoms with Crippen LogP contribution in [0.3, 0.4) is 0 Å². The summed E-state index contributed by atoms with van der Waals surface area (Å²) in [6.07, 6.45) is -3.44. The van der Waals surface area contributed by atoms with Crippen molar-refractivity contribution in [1.82, 2.24) is 0 Å². The molecule has 0 aromatic rings. The zero-order valence-corrected chi connectivity index (χ0v) is 11.0. The van der Waals surface area contributed by atoms with Crippen LogP contribution >= 0.6 is 22.6 Å². The molecule has 1 heterocycles. The first-order valence-corrected chi connectivity index (χ1v) is 6.22. The van der Waals surface area contributed by atoms with Crippen LogP contribution in [0.5, 0.6) is 0 Å². The van der Waals surface area contributed by atoms with E-state index in [-0.39, 0.29) is 0 Å². The minimum atomic E-state index is -1.26. The van der Waals surface area contributed by atoms with Gasteiger partial charge in [0, 0.05) is 18.3 Å². The van der Waals surface area contributed by atoms with E-state index in [2.05, 4.69) is 0 Å². The third-order valence-electron chi connectivity index (χ3n) is 2.04. The Bertz CT molecular complexity index is 281. The topological polar surface area (TPSA) is 82.1 Å². The Morgan fingerprint density at radius 3 is 2.19 bits per heavy atom. The lowest BCUT2D eigenvalue weighted by molar-refractivity contribution is -0.174. The van der Waals surface area contributed by atoms with Crippen molar-refractivity contribution in [3.8, 4) is 0 Å². The number of alkyl halides is 1. The van der Waals surface area contributed by atoms with Crippen LogP contribution in [0.4, 0.5) is 0 Å². The van der Waals surface area contributed by atoms with Crippen LogP contribution < -0.4 is 0 Å². The predicted octanol–water partition coefficient (Wildman–Crippen LogP) is 0.00200. The zero-order valence-electron chi connectivity index (χ0n) is 8.88. The summed E-state index contributed by atoms with van der Waals surface area (Å²) in [5.41, 5.74) is 0. The quantitative estimate of drug-likeness (QED) is 0.441. The standard InChI is InChI=1S/C9H13IO6/c1-4(11)14-7-6(3-10)16-9(13)8(7)15-5(2)12/h6-9,13H,3H2,1-2H3/t6-,7+,8-,9?/m1/s1. The summed E-state index contributed by atoms with van der Waals surface area (Å²) in [4.78, 5) is 21.7. The summed E-state index contributed by atoms with van der Waals surface area (Å²) >= 11 is 2.04. The van der Waals surface area contributed by atoms with Gasteiger partial charge in [-0.05, 0) is 0 Å². The van der Waals surface area contributed by atoms with Gasteiger partial charge < -0.3 is 19.3 Å². The molecule has 1 N–H and O–H groups in total. The third-order valence-corrected chi connectivity index (χ3v) is 2.91. The van der Waals surface area contributed by atoms with Crippen molar-refractivity contribution in [1.29, 1.82) is 0 Å². The van der Waals surface area contributed by atoms with E-state index in [1.54, 1.807) is 0 Å². The Hall–Kier alpha value is -0.410. The monoisotopic (exact) mass is 344 g/mol. The van der Waals surface area contributed by atoms with E-state index in [9.17, 15) is 14.7 Å². The third kappa shape index (κ3) is 3.29. The van der Waals surface area contributed by atoms with Gasteiger partial charge in [0.15, 0.2) is 18.5 Å². The summed E-state index contributed by atoms with van der Waals surface area (Å²) < 4.78 is 15.5. The maximum atomic E-state index is 10.9. The number of aliphatic hydroxyl groups excluding tert-OH is 1. The molecule has 0 aromatic heterocycles. The summed E-state index contributed by atoms with van der Waals surface area (Å²) in [7, 11) is 0. The van der Waals surface area contributed by atoms with Gasteiger partial charge >= 0.3 is 11.9 Å². The van der Waals surface area contributed by atoms with E-state index in [1.807, 2.05) is 22.6 Å². The molecule has 0 radical (unpaired) electrons. The first kappa shape index (κ1) is 13.7. The highest BCUT2D eigenvalue weighted by Gasteiger charge is 2.47. The smallest absolute Gasteiger partial charge is 0.303 e. The van der Waals surface area contributed by atoms with Gasteiger partial charge in [0.2, 0.25) is 0 Å². The van der Waals surface area contributed by atoms with Gasteiger partial charge in [-0.15, -0.1) is 0 Å². The maximum Gasteiger partial charge on any atom is 0.303 e. The van der Waals surface area contributed by atoms with Gasteiger partial charge in [-0.1, -0.05) is 22.6 Å². The minimum absolute atomic E-state index is 0.469. The molecule has 0 aliphatic carbocycles. The maximum absolute atomic E-state index is 10.9. The lowest BCUT2D eigenvalue weighted by Gasteiger charge is -2.21. The van der Waals surface area contributed by atoms with Crippen LogP contribution in [0.25, 0.3) is 0 Å². The molecule has 1 rings (SSSR count). The van der Waals surface area contributed by atoms with Gasteiger partial charge in [-0.3, -0.25) is 9.59 Å². The Labute approximate surface area is 106 Å². The van der Waals surface area contributed by atoms with Crippen LogP contribution in [0.1, 0.15) is 13.8 Å². The van der Waals surface area contributed by atoms with Crippen molar-refractivity contribution >= 4 is 34.5 Å². The average Bonchev–Trinajstić information content (AvgIpc) is 2.44. The summed E-state index contributed by atoms with van der Waals surface area (Å²) in [5.74, 6) is -1.06. The second kappa shape index (κ2) is 5.78. The number of hydrogen-bond acceptors (Lipinski definition) is 6. The average molecular weight is 344 g/mol. The molecule has 0 bridgehead atoms. The number of rotatable bonds is 3. The van der Waals surface area contributed by atoms with E-state index in [0.717, 1.165) is 0 Å². The van der Waals surface area contributed by atoms with Gasteiger partial charge in [0.05, 0.1) is 0 Å². The molecule has 0 saturated carbocycles. The number of carbonyl (C=O) groups excluding carboxylic acids is 2. The molecule has 7 heteroatoms. The van der Waals surface area contributed by atoms with Gasteiger partial charge in [0.25, 0.3) is 0 Å². The van der Waals surface area contributed by atoms with E-state index >= 15 is 0 Å². The van der Waals surface area contributed by atoms with Crippen molar-refractivity contribution < 1.29 is 28.9 Å². The van der Waals surface area contributed by atoms with Gasteiger partial charge in [-0.25, -0.2) is 0 Å². The largest absolute Gasteiger partial charge is 0.456 e. The molecule has 1 unspecified atom stereocenters. The van der Waals surface area contributed by atoms with Crippen molar-refractivity contribution in [2.75, 3.05) is 4.43 Å². The second-order valence-electron chi connectivity index (χ2n) is 3.37. The summed E-state index contributed by atoms with van der Waals surface area (Å²) in [5, 5.41) is 9.53. The number of esters is 2. The number of halogens is 1. The highest BCUT2D eigenvalue weighted by Crippen LogP contribution is 2.26. The van der Waals surface area contributed by atoms with Gasteiger partial charge in [-0.2, -0.15) is 0 Å². The van der Waals surface area contributed by atoms with Gasteiger partial charge in [0.1, 0.15) is 6.10 Å². The first-order valence-electron chi connectivity index (χ1n) is 4.69. The molecule has 16 heavy (non-hydrogen) atoms. The van der Waals surface area contributed by atoms with E-state index < -0.39 is 36.5 Å². The highest BCUT2D eigenvalue weighted by molar-refractivity contribution is 14.1. The van der Waals surface area contributed by atoms with E-state index in [0.29, 0.717) is 4.43 Å². The number of hydrogen-bond donors (Lipinski definition) is 1. The van der Waals surface area contributed by atoms with Crippen molar-refractivity contribution in [3.05, 3.63) is 0 Å². The van der Waals surface area contributed by atoms with Crippen molar-refractivity contribution in [3.63, 3.8) is 0 Å².